The van der Waals surface area contributed by atoms with Gasteiger partial charge in [-0.3, -0.25) is 14.4 Å². The second kappa shape index (κ2) is 8.35. The highest BCUT2D eigenvalue weighted by Gasteiger charge is 2.26. The van der Waals surface area contributed by atoms with Crippen molar-refractivity contribution in [1.82, 2.24) is 4.90 Å². The van der Waals surface area contributed by atoms with Gasteiger partial charge in [0.1, 0.15) is 22.9 Å². The maximum absolute atomic E-state index is 12.2. The van der Waals surface area contributed by atoms with Crippen molar-refractivity contribution in [3.8, 4) is 5.75 Å². The number of amides is 1. The Morgan fingerprint density at radius 1 is 1.23 bits per heavy atom. The zero-order chi connectivity index (χ0) is 22.2. The van der Waals surface area contributed by atoms with Crippen LogP contribution in [0.3, 0.4) is 0 Å². The van der Waals surface area contributed by atoms with Gasteiger partial charge < -0.3 is 25.1 Å². The summed E-state index contributed by atoms with van der Waals surface area (Å²) >= 11 is 3.40. The molecule has 3 aromatic rings. The number of hydrogen-bond acceptors (Lipinski definition) is 7. The SMILES string of the molecule is CC[C@@H](Nc1c(Nc2cccc(C(=O)N(C)C)c2O)c(=O)c1=O)c1cc(Br)c(C)o1. The van der Waals surface area contributed by atoms with Crippen LogP contribution in [0.1, 0.15) is 41.3 Å². The standard InChI is InChI=1S/C21H22BrN3O5/c1-5-13(15-9-12(22)10(2)30-15)23-16-17(20(28)19(16)27)24-14-8-6-7-11(18(14)26)21(29)25(3)4/h6-9,13,23-24,26H,5H2,1-4H3/t13-/m1/s1. The first-order valence-electron chi connectivity index (χ1n) is 9.32. The summed E-state index contributed by atoms with van der Waals surface area (Å²) in [5, 5.41) is 16.3. The molecule has 0 saturated carbocycles. The van der Waals surface area contributed by atoms with E-state index in [0.717, 1.165) is 4.47 Å². The normalized spacial score (nSPS) is 12.0. The summed E-state index contributed by atoms with van der Waals surface area (Å²) in [6.45, 7) is 3.74. The van der Waals surface area contributed by atoms with E-state index in [2.05, 4.69) is 26.6 Å². The third-order valence-electron chi connectivity index (χ3n) is 4.79. The third-order valence-corrected chi connectivity index (χ3v) is 5.58. The Balaban J connectivity index is 1.91. The van der Waals surface area contributed by atoms with Gasteiger partial charge in [0.05, 0.1) is 21.8 Å². The number of carbonyl (C=O) groups excluding carboxylic acids is 1. The molecule has 0 aliphatic rings. The number of furan rings is 1. The number of aryl methyl sites for hydroxylation is 1. The van der Waals surface area contributed by atoms with E-state index < -0.39 is 10.9 Å². The van der Waals surface area contributed by atoms with Crippen LogP contribution in [0.25, 0.3) is 0 Å². The third kappa shape index (κ3) is 3.85. The molecule has 0 bridgehead atoms. The summed E-state index contributed by atoms with van der Waals surface area (Å²) in [6, 6.07) is 6.07. The summed E-state index contributed by atoms with van der Waals surface area (Å²) in [4.78, 5) is 37.9. The average Bonchev–Trinajstić information content (AvgIpc) is 3.05. The molecular weight excluding hydrogens is 454 g/mol. The molecule has 1 aromatic heterocycles. The number of phenolic OH excluding ortho intramolecular Hbond substituents is 1. The van der Waals surface area contributed by atoms with Gasteiger partial charge in [-0.2, -0.15) is 0 Å². The molecule has 9 heteroatoms. The van der Waals surface area contributed by atoms with Crippen LogP contribution >= 0.6 is 15.9 Å². The van der Waals surface area contributed by atoms with Crippen molar-refractivity contribution in [3.63, 3.8) is 0 Å². The van der Waals surface area contributed by atoms with Crippen LogP contribution in [0.2, 0.25) is 0 Å². The molecule has 1 heterocycles. The maximum Gasteiger partial charge on any atom is 0.257 e. The molecule has 1 amide bonds. The lowest BCUT2D eigenvalue weighted by atomic mass is 10.1. The van der Waals surface area contributed by atoms with Crippen LogP contribution in [-0.4, -0.2) is 30.0 Å². The van der Waals surface area contributed by atoms with Crippen molar-refractivity contribution in [2.24, 2.45) is 0 Å². The maximum atomic E-state index is 12.2. The number of anilines is 3. The molecular formula is C21H22BrN3O5. The monoisotopic (exact) mass is 475 g/mol. The molecule has 0 unspecified atom stereocenters. The Morgan fingerprint density at radius 3 is 2.47 bits per heavy atom. The van der Waals surface area contributed by atoms with Crippen molar-refractivity contribution < 1.29 is 14.3 Å². The first-order valence-corrected chi connectivity index (χ1v) is 10.1. The van der Waals surface area contributed by atoms with Crippen LogP contribution < -0.4 is 21.5 Å². The highest BCUT2D eigenvalue weighted by atomic mass is 79.9. The molecule has 0 aliphatic carbocycles. The molecule has 158 valence electrons. The van der Waals surface area contributed by atoms with E-state index >= 15 is 0 Å². The zero-order valence-corrected chi connectivity index (χ0v) is 18.6. The lowest BCUT2D eigenvalue weighted by Crippen LogP contribution is -2.37. The summed E-state index contributed by atoms with van der Waals surface area (Å²) in [6.07, 6.45) is 0.607. The van der Waals surface area contributed by atoms with Crippen LogP contribution in [0.5, 0.6) is 5.75 Å². The summed E-state index contributed by atoms with van der Waals surface area (Å²) in [5.41, 5.74) is -0.972. The van der Waals surface area contributed by atoms with Gasteiger partial charge in [-0.1, -0.05) is 13.0 Å². The van der Waals surface area contributed by atoms with Crippen LogP contribution in [0.15, 0.2) is 42.7 Å². The van der Waals surface area contributed by atoms with Crippen molar-refractivity contribution in [3.05, 3.63) is 66.3 Å². The van der Waals surface area contributed by atoms with Crippen molar-refractivity contribution in [2.75, 3.05) is 24.7 Å². The summed E-state index contributed by atoms with van der Waals surface area (Å²) in [7, 11) is 3.14. The molecule has 0 saturated heterocycles. The minimum absolute atomic E-state index is 0.0329. The van der Waals surface area contributed by atoms with Crippen molar-refractivity contribution in [1.29, 1.82) is 0 Å². The number of nitrogens with one attached hydrogen (secondary N) is 2. The zero-order valence-electron chi connectivity index (χ0n) is 17.0. The number of para-hydroxylation sites is 1. The van der Waals surface area contributed by atoms with Gasteiger partial charge in [0, 0.05) is 14.1 Å². The molecule has 0 radical (unpaired) electrons. The van der Waals surface area contributed by atoms with Gasteiger partial charge in [-0.25, -0.2) is 0 Å². The fraction of sp³-hybridized carbons (Fsp3) is 0.286. The number of rotatable bonds is 7. The Morgan fingerprint density at radius 2 is 1.90 bits per heavy atom. The fourth-order valence-corrected chi connectivity index (χ4v) is 3.35. The highest BCUT2D eigenvalue weighted by Crippen LogP contribution is 2.34. The second-order valence-electron chi connectivity index (χ2n) is 7.09. The molecule has 3 rings (SSSR count). The largest absolute Gasteiger partial charge is 0.505 e. The Labute approximate surface area is 181 Å². The highest BCUT2D eigenvalue weighted by molar-refractivity contribution is 9.10. The fourth-order valence-electron chi connectivity index (χ4n) is 3.04. The smallest absolute Gasteiger partial charge is 0.257 e. The molecule has 1 atom stereocenters. The molecule has 3 N–H and O–H groups in total. The van der Waals surface area contributed by atoms with E-state index in [1.165, 1.54) is 17.0 Å². The van der Waals surface area contributed by atoms with Crippen molar-refractivity contribution >= 4 is 38.9 Å². The summed E-state index contributed by atoms with van der Waals surface area (Å²) in [5.74, 6) is 0.653. The van der Waals surface area contributed by atoms with Crippen LogP contribution in [-0.2, 0) is 0 Å². The summed E-state index contributed by atoms with van der Waals surface area (Å²) < 4.78 is 6.52. The number of benzene rings is 1. The van der Waals surface area contributed by atoms with E-state index in [1.807, 2.05) is 19.9 Å². The van der Waals surface area contributed by atoms with Gasteiger partial charge in [-0.05, 0) is 47.5 Å². The van der Waals surface area contributed by atoms with E-state index in [0.29, 0.717) is 17.9 Å². The number of carbonyl (C=O) groups is 1. The average molecular weight is 476 g/mol. The minimum Gasteiger partial charge on any atom is -0.505 e. The molecule has 2 aromatic carbocycles. The number of phenols is 1. The Bertz CT molecular complexity index is 1150. The number of halogens is 1. The lowest BCUT2D eigenvalue weighted by Gasteiger charge is -2.21. The predicted octanol–water partition coefficient (Wildman–Crippen LogP) is 3.66. The van der Waals surface area contributed by atoms with Gasteiger partial charge in [0.25, 0.3) is 16.8 Å². The minimum atomic E-state index is -0.701. The number of nitrogens with zero attached hydrogens (tertiary/aromatic N) is 1. The first kappa shape index (κ1) is 21.6. The quantitative estimate of drug-likeness (QED) is 0.353. The van der Waals surface area contributed by atoms with Crippen LogP contribution in [0.4, 0.5) is 17.1 Å². The second-order valence-corrected chi connectivity index (χ2v) is 7.95. The van der Waals surface area contributed by atoms with Gasteiger partial charge in [-0.15, -0.1) is 0 Å². The molecule has 0 spiro atoms. The van der Waals surface area contributed by atoms with Gasteiger partial charge in [0.2, 0.25) is 0 Å². The lowest BCUT2D eigenvalue weighted by molar-refractivity contribution is 0.0824. The van der Waals surface area contributed by atoms with E-state index in [1.54, 1.807) is 20.2 Å². The van der Waals surface area contributed by atoms with E-state index in [4.69, 9.17) is 4.42 Å². The molecule has 30 heavy (non-hydrogen) atoms. The predicted molar refractivity (Wildman–Crippen MR) is 119 cm³/mol. The molecule has 8 nitrogen and oxygen atoms in total. The van der Waals surface area contributed by atoms with Gasteiger partial charge >= 0.3 is 0 Å². The number of aromatic hydroxyl groups is 1. The molecule has 0 fully saturated rings. The van der Waals surface area contributed by atoms with Crippen molar-refractivity contribution in [2.45, 2.75) is 26.3 Å². The number of hydrogen-bond donors (Lipinski definition) is 3. The van der Waals surface area contributed by atoms with E-state index in [9.17, 15) is 19.5 Å². The first-order chi connectivity index (χ1) is 14.1. The Kier molecular flexibility index (Phi) is 6.02. The molecule has 0 aliphatic heterocycles. The van der Waals surface area contributed by atoms with E-state index in [-0.39, 0.29) is 40.3 Å². The van der Waals surface area contributed by atoms with Gasteiger partial charge in [0.15, 0.2) is 5.75 Å². The Hall–Kier alpha value is -3.07. The van der Waals surface area contributed by atoms with Crippen LogP contribution in [0, 0.1) is 6.92 Å². The topological polar surface area (TPSA) is 112 Å².